The number of halogens is 1. The van der Waals surface area contributed by atoms with Gasteiger partial charge in [0.05, 0.1) is 25.4 Å². The molecule has 1 unspecified atom stereocenters. The zero-order chi connectivity index (χ0) is 20.1. The van der Waals surface area contributed by atoms with Crippen molar-refractivity contribution in [2.45, 2.75) is 26.3 Å². The number of methoxy groups -OCH3 is 1. The third-order valence-corrected chi connectivity index (χ3v) is 4.90. The maximum atomic E-state index is 13.5. The fourth-order valence-corrected chi connectivity index (χ4v) is 3.35. The number of unbranched alkanes of at least 4 members (excludes halogenated alkanes) is 1. The van der Waals surface area contributed by atoms with Gasteiger partial charge in [-0.2, -0.15) is 4.90 Å². The molecular formula is C22H24FN2O3+. The highest BCUT2D eigenvalue weighted by atomic mass is 19.1. The number of quaternary nitrogens is 1. The van der Waals surface area contributed by atoms with Crippen LogP contribution in [0.4, 0.5) is 14.9 Å². The highest BCUT2D eigenvalue weighted by Crippen LogP contribution is 2.30. The molecule has 0 radical (unpaired) electrons. The minimum Gasteiger partial charge on any atom is -0.497 e. The summed E-state index contributed by atoms with van der Waals surface area (Å²) < 4.78 is 18.5. The molecule has 5 nitrogen and oxygen atoms in total. The normalized spacial score (nSPS) is 19.2. The van der Waals surface area contributed by atoms with Crippen molar-refractivity contribution in [1.82, 2.24) is 0 Å². The Morgan fingerprint density at radius 2 is 1.86 bits per heavy atom. The van der Waals surface area contributed by atoms with Crippen molar-refractivity contribution in [2.24, 2.45) is 0 Å². The maximum Gasteiger partial charge on any atom is 0.435 e. The van der Waals surface area contributed by atoms with Crippen molar-refractivity contribution < 1.29 is 23.2 Å². The number of anilines is 1. The molecular weight excluding hydrogens is 359 g/mol. The smallest absolute Gasteiger partial charge is 0.435 e. The molecule has 0 saturated heterocycles. The van der Waals surface area contributed by atoms with Crippen LogP contribution in [-0.2, 0) is 11.3 Å². The van der Waals surface area contributed by atoms with Crippen molar-refractivity contribution in [3.63, 3.8) is 0 Å². The van der Waals surface area contributed by atoms with E-state index >= 15 is 0 Å². The lowest BCUT2D eigenvalue weighted by atomic mass is 10.1. The molecule has 6 heteroatoms. The Hall–Kier alpha value is -2.99. The number of rotatable bonds is 7. The molecule has 1 heterocycles. The molecule has 2 aromatic carbocycles. The van der Waals surface area contributed by atoms with E-state index in [2.05, 4.69) is 6.92 Å². The van der Waals surface area contributed by atoms with E-state index in [0.29, 0.717) is 24.5 Å². The number of hydrogen-bond donors (Lipinski definition) is 0. The van der Waals surface area contributed by atoms with Gasteiger partial charge in [-0.05, 0) is 30.7 Å². The standard InChI is InChI=1S/C22H24FN2O3/c1-3-4-13-25(16-17-8-10-18(23)11-9-17)14-12-21(26)24(22(25)27)19-6-5-7-20(15-19)28-2/h5-12,14-15H,3-4,13,16H2,1-2H3/q+1. The summed E-state index contributed by atoms with van der Waals surface area (Å²) in [4.78, 5) is 27.3. The number of carbonyl (C=O) groups is 2. The Balaban J connectivity index is 2.01. The average molecular weight is 383 g/mol. The van der Waals surface area contributed by atoms with Crippen LogP contribution in [0.2, 0.25) is 0 Å². The van der Waals surface area contributed by atoms with Crippen molar-refractivity contribution in [3.8, 4) is 5.75 Å². The molecule has 2 aromatic rings. The Bertz CT molecular complexity index is 895. The van der Waals surface area contributed by atoms with E-state index < -0.39 is 0 Å². The molecule has 1 aliphatic heterocycles. The number of urea groups is 1. The number of benzene rings is 2. The molecule has 146 valence electrons. The third kappa shape index (κ3) is 3.97. The van der Waals surface area contributed by atoms with Gasteiger partial charge in [0.15, 0.2) is 0 Å². The van der Waals surface area contributed by atoms with Crippen LogP contribution in [-0.4, -0.2) is 30.1 Å². The van der Waals surface area contributed by atoms with Crippen LogP contribution in [0.5, 0.6) is 5.75 Å². The average Bonchev–Trinajstić information content (AvgIpc) is 2.71. The Morgan fingerprint density at radius 3 is 2.54 bits per heavy atom. The Labute approximate surface area is 164 Å². The molecule has 0 N–H and O–H groups in total. The van der Waals surface area contributed by atoms with E-state index in [1.54, 1.807) is 42.6 Å². The van der Waals surface area contributed by atoms with Gasteiger partial charge in [0, 0.05) is 11.6 Å². The van der Waals surface area contributed by atoms with Gasteiger partial charge in [-0.3, -0.25) is 4.79 Å². The van der Waals surface area contributed by atoms with Crippen LogP contribution in [0.3, 0.4) is 0 Å². The van der Waals surface area contributed by atoms with E-state index in [1.807, 2.05) is 0 Å². The first-order valence-electron chi connectivity index (χ1n) is 9.32. The van der Waals surface area contributed by atoms with Crippen LogP contribution in [0, 0.1) is 5.82 Å². The summed E-state index contributed by atoms with van der Waals surface area (Å²) in [7, 11) is 1.54. The van der Waals surface area contributed by atoms with Gasteiger partial charge in [-0.25, -0.2) is 13.7 Å². The summed E-state index contributed by atoms with van der Waals surface area (Å²) in [6.07, 6.45) is 4.84. The van der Waals surface area contributed by atoms with Gasteiger partial charge in [0.1, 0.15) is 24.3 Å². The molecule has 1 aliphatic rings. The number of amides is 3. The summed E-state index contributed by atoms with van der Waals surface area (Å²) in [5.74, 6) is -0.141. The predicted octanol–water partition coefficient (Wildman–Crippen LogP) is 4.63. The van der Waals surface area contributed by atoms with E-state index in [-0.39, 0.29) is 22.2 Å². The zero-order valence-electron chi connectivity index (χ0n) is 16.1. The lowest BCUT2D eigenvalue weighted by Gasteiger charge is -2.38. The van der Waals surface area contributed by atoms with Crippen molar-refractivity contribution >= 4 is 17.6 Å². The molecule has 0 bridgehead atoms. The van der Waals surface area contributed by atoms with Crippen LogP contribution in [0.1, 0.15) is 25.3 Å². The second-order valence-electron chi connectivity index (χ2n) is 6.87. The molecule has 3 amide bonds. The quantitative estimate of drug-likeness (QED) is 0.655. The van der Waals surface area contributed by atoms with Gasteiger partial charge in [0.2, 0.25) is 0 Å². The summed E-state index contributed by atoms with van der Waals surface area (Å²) in [6, 6.07) is 12.7. The molecule has 0 fully saturated rings. The maximum absolute atomic E-state index is 13.5. The van der Waals surface area contributed by atoms with Crippen molar-refractivity contribution in [1.29, 1.82) is 0 Å². The van der Waals surface area contributed by atoms with Gasteiger partial charge in [-0.1, -0.05) is 31.5 Å². The van der Waals surface area contributed by atoms with E-state index in [9.17, 15) is 14.0 Å². The number of carbonyl (C=O) groups excluding carboxylic acids is 2. The van der Waals surface area contributed by atoms with Gasteiger partial charge in [0.25, 0.3) is 5.91 Å². The largest absolute Gasteiger partial charge is 0.497 e. The fourth-order valence-electron chi connectivity index (χ4n) is 3.35. The SMILES string of the molecule is CCCC[N+]1(Cc2ccc(F)cc2)C=CC(=O)N(c2cccc(OC)c2)C1=O. The van der Waals surface area contributed by atoms with Crippen LogP contribution in [0.25, 0.3) is 0 Å². The lowest BCUT2D eigenvalue weighted by Crippen LogP contribution is -2.59. The summed E-state index contributed by atoms with van der Waals surface area (Å²) in [5, 5.41) is 0. The van der Waals surface area contributed by atoms with E-state index in [0.717, 1.165) is 18.4 Å². The molecule has 0 aromatic heterocycles. The van der Waals surface area contributed by atoms with Crippen LogP contribution >= 0.6 is 0 Å². The lowest BCUT2D eigenvalue weighted by molar-refractivity contribution is -0.812. The van der Waals surface area contributed by atoms with Gasteiger partial charge < -0.3 is 4.74 Å². The molecule has 28 heavy (non-hydrogen) atoms. The fraction of sp³-hybridized carbons (Fsp3) is 0.273. The van der Waals surface area contributed by atoms with Gasteiger partial charge in [-0.15, -0.1) is 0 Å². The predicted molar refractivity (Wildman–Crippen MR) is 105 cm³/mol. The zero-order valence-corrected chi connectivity index (χ0v) is 16.1. The first kappa shape index (κ1) is 19.8. The molecule has 0 saturated carbocycles. The number of imide groups is 1. The summed E-state index contributed by atoms with van der Waals surface area (Å²) >= 11 is 0. The first-order chi connectivity index (χ1) is 13.5. The Morgan fingerprint density at radius 1 is 1.11 bits per heavy atom. The molecule has 0 spiro atoms. The number of hydrogen-bond acceptors (Lipinski definition) is 3. The van der Waals surface area contributed by atoms with Crippen LogP contribution in [0.15, 0.2) is 60.8 Å². The second-order valence-corrected chi connectivity index (χ2v) is 6.87. The van der Waals surface area contributed by atoms with Gasteiger partial charge >= 0.3 is 6.03 Å². The third-order valence-electron chi connectivity index (χ3n) is 4.90. The van der Waals surface area contributed by atoms with Crippen molar-refractivity contribution in [3.05, 3.63) is 72.2 Å². The van der Waals surface area contributed by atoms with Crippen LogP contribution < -0.4 is 9.64 Å². The van der Waals surface area contributed by atoms with Crippen molar-refractivity contribution in [2.75, 3.05) is 18.6 Å². The van der Waals surface area contributed by atoms with E-state index in [4.69, 9.17) is 4.74 Å². The second kappa shape index (κ2) is 8.35. The highest BCUT2D eigenvalue weighted by molar-refractivity contribution is 6.17. The minimum absolute atomic E-state index is 0.0254. The molecule has 0 aliphatic carbocycles. The summed E-state index contributed by atoms with van der Waals surface area (Å²) in [5.41, 5.74) is 1.30. The molecule has 1 atom stereocenters. The minimum atomic E-state index is -0.386. The Kier molecular flexibility index (Phi) is 5.90. The summed E-state index contributed by atoms with van der Waals surface area (Å²) in [6.45, 7) is 2.96. The first-order valence-corrected chi connectivity index (χ1v) is 9.32. The van der Waals surface area contributed by atoms with E-state index in [1.165, 1.54) is 30.2 Å². The molecule has 3 rings (SSSR count). The number of nitrogens with zero attached hydrogens (tertiary/aromatic N) is 2. The number of ether oxygens (including phenoxy) is 1. The monoisotopic (exact) mass is 383 g/mol. The topological polar surface area (TPSA) is 46.6 Å². The highest BCUT2D eigenvalue weighted by Gasteiger charge is 2.45.